The summed E-state index contributed by atoms with van der Waals surface area (Å²) in [6.45, 7) is 4.00. The molecule has 0 spiro atoms. The van der Waals surface area contributed by atoms with Gasteiger partial charge in [0.2, 0.25) is 0 Å². The molecule has 0 atom stereocenters. The fraction of sp³-hybridized carbons (Fsp3) is 0.150. The smallest absolute Gasteiger partial charge is 0.270 e. The summed E-state index contributed by atoms with van der Waals surface area (Å²) in [4.78, 5) is 26.8. The predicted octanol–water partition coefficient (Wildman–Crippen LogP) is 4.19. The molecule has 2 aromatic carbocycles. The van der Waals surface area contributed by atoms with Crippen molar-refractivity contribution in [2.24, 2.45) is 0 Å². The Morgan fingerprint density at radius 2 is 2.03 bits per heavy atom. The van der Waals surface area contributed by atoms with Crippen LogP contribution in [-0.2, 0) is 9.59 Å². The first-order valence-electron chi connectivity index (χ1n) is 8.55. The highest BCUT2D eigenvalue weighted by molar-refractivity contribution is 14.1. The minimum Gasteiger partial charge on any atom is -0.504 e. The van der Waals surface area contributed by atoms with Gasteiger partial charge in [0.05, 0.1) is 15.9 Å². The highest BCUT2D eigenvalue weighted by Gasteiger charge is 2.34. The van der Waals surface area contributed by atoms with Crippen LogP contribution in [0.1, 0.15) is 18.1 Å². The van der Waals surface area contributed by atoms with Crippen molar-refractivity contribution in [3.8, 4) is 11.5 Å². The second kappa shape index (κ2) is 8.68. The molecule has 150 valence electrons. The van der Waals surface area contributed by atoms with Gasteiger partial charge in [0.15, 0.2) is 16.6 Å². The van der Waals surface area contributed by atoms with Crippen LogP contribution in [-0.4, -0.2) is 28.6 Å². The third-order valence-electron chi connectivity index (χ3n) is 4.18. The molecule has 1 saturated heterocycles. The topological polar surface area (TPSA) is 78.9 Å². The Morgan fingerprint density at radius 3 is 2.69 bits per heavy atom. The van der Waals surface area contributed by atoms with Gasteiger partial charge >= 0.3 is 0 Å². The molecular weight excluding hydrogens is 527 g/mol. The summed E-state index contributed by atoms with van der Waals surface area (Å²) < 4.78 is 5.95. The lowest BCUT2D eigenvalue weighted by Crippen LogP contribution is -2.54. The van der Waals surface area contributed by atoms with E-state index in [1.54, 1.807) is 37.3 Å². The van der Waals surface area contributed by atoms with Crippen molar-refractivity contribution in [1.82, 2.24) is 5.32 Å². The van der Waals surface area contributed by atoms with E-state index in [1.165, 1.54) is 11.0 Å². The van der Waals surface area contributed by atoms with Crippen molar-refractivity contribution < 1.29 is 19.4 Å². The first-order valence-corrected chi connectivity index (χ1v) is 10.4. The van der Waals surface area contributed by atoms with Gasteiger partial charge in [-0.15, -0.1) is 0 Å². The molecule has 6 nitrogen and oxygen atoms in total. The second-order valence-corrected chi connectivity index (χ2v) is 8.13. The number of nitrogens with one attached hydrogen (secondary N) is 1. The molecule has 0 radical (unpaired) electrons. The maximum Gasteiger partial charge on any atom is 0.270 e. The van der Waals surface area contributed by atoms with E-state index in [2.05, 4.69) is 5.32 Å². The van der Waals surface area contributed by atoms with Crippen LogP contribution in [0.25, 0.3) is 6.08 Å². The summed E-state index contributed by atoms with van der Waals surface area (Å²) in [5, 5.41) is 13.1. The van der Waals surface area contributed by atoms with E-state index >= 15 is 0 Å². The summed E-state index contributed by atoms with van der Waals surface area (Å²) in [6, 6.07) is 8.30. The minimum absolute atomic E-state index is 0.00567. The molecule has 2 N–H and O–H groups in total. The number of nitrogens with zero attached hydrogens (tertiary/aromatic N) is 1. The van der Waals surface area contributed by atoms with Gasteiger partial charge in [0.25, 0.3) is 11.8 Å². The number of phenols is 1. The van der Waals surface area contributed by atoms with Crippen molar-refractivity contribution in [2.45, 2.75) is 13.8 Å². The number of rotatable bonds is 4. The van der Waals surface area contributed by atoms with Crippen LogP contribution < -0.4 is 15.0 Å². The Labute approximate surface area is 191 Å². The van der Waals surface area contributed by atoms with Crippen molar-refractivity contribution in [3.05, 3.63) is 55.6 Å². The molecule has 3 rings (SSSR count). The number of carbonyl (C=O) groups is 2. The lowest BCUT2D eigenvalue weighted by atomic mass is 10.1. The molecule has 0 saturated carbocycles. The molecule has 2 aromatic rings. The monoisotopic (exact) mass is 542 g/mol. The Kier molecular flexibility index (Phi) is 6.45. The average Bonchev–Trinajstić information content (AvgIpc) is 2.65. The number of anilines is 1. The quantitative estimate of drug-likeness (QED) is 0.262. The van der Waals surface area contributed by atoms with E-state index in [9.17, 15) is 14.7 Å². The van der Waals surface area contributed by atoms with Crippen molar-refractivity contribution >= 4 is 75.1 Å². The lowest BCUT2D eigenvalue weighted by Gasteiger charge is -2.29. The van der Waals surface area contributed by atoms with Gasteiger partial charge in [-0.1, -0.05) is 17.7 Å². The van der Waals surface area contributed by atoms with E-state index in [0.717, 1.165) is 5.56 Å². The molecular formula is C20H16ClIN2O4S. The minimum atomic E-state index is -0.601. The van der Waals surface area contributed by atoms with Gasteiger partial charge in [-0.05, 0) is 90.1 Å². The van der Waals surface area contributed by atoms with Crippen LogP contribution in [0, 0.1) is 10.5 Å². The largest absolute Gasteiger partial charge is 0.504 e. The van der Waals surface area contributed by atoms with Gasteiger partial charge in [0.1, 0.15) is 5.57 Å². The SMILES string of the molecule is CCOc1cc(/C=C2\C(=O)NC(=S)N(c3ccc(C)c(Cl)c3)C2=O)cc(I)c1O. The third kappa shape index (κ3) is 4.39. The average molecular weight is 543 g/mol. The van der Waals surface area contributed by atoms with Gasteiger partial charge in [-0.3, -0.25) is 19.8 Å². The van der Waals surface area contributed by atoms with Crippen molar-refractivity contribution in [3.63, 3.8) is 0 Å². The first-order chi connectivity index (χ1) is 13.7. The number of aromatic hydroxyl groups is 1. The van der Waals surface area contributed by atoms with Crippen LogP contribution in [0.4, 0.5) is 5.69 Å². The molecule has 1 fully saturated rings. The van der Waals surface area contributed by atoms with Crippen LogP contribution >= 0.6 is 46.4 Å². The van der Waals surface area contributed by atoms with Gasteiger partial charge < -0.3 is 9.84 Å². The highest BCUT2D eigenvalue weighted by Crippen LogP contribution is 2.34. The van der Waals surface area contributed by atoms with E-state index in [0.29, 0.717) is 26.5 Å². The normalized spacial score (nSPS) is 15.7. The van der Waals surface area contributed by atoms with Gasteiger partial charge in [-0.25, -0.2) is 0 Å². The number of amides is 2. The number of halogens is 2. The van der Waals surface area contributed by atoms with E-state index in [-0.39, 0.29) is 22.2 Å². The zero-order valence-electron chi connectivity index (χ0n) is 15.5. The number of carbonyl (C=O) groups excluding carboxylic acids is 2. The number of phenolic OH excluding ortho intramolecular Hbond substituents is 1. The van der Waals surface area contributed by atoms with E-state index in [4.69, 9.17) is 28.6 Å². The Hall–Kier alpha value is -2.17. The van der Waals surface area contributed by atoms with Gasteiger partial charge in [0, 0.05) is 5.02 Å². The predicted molar refractivity (Wildman–Crippen MR) is 124 cm³/mol. The molecule has 0 aliphatic carbocycles. The summed E-state index contributed by atoms with van der Waals surface area (Å²) in [7, 11) is 0. The van der Waals surface area contributed by atoms with Crippen LogP contribution in [0.15, 0.2) is 35.9 Å². The molecule has 2 amide bonds. The Morgan fingerprint density at radius 1 is 1.31 bits per heavy atom. The number of hydrogen-bond acceptors (Lipinski definition) is 5. The molecule has 1 heterocycles. The number of aryl methyl sites for hydroxylation is 1. The molecule has 29 heavy (non-hydrogen) atoms. The van der Waals surface area contributed by atoms with E-state index in [1.807, 2.05) is 29.5 Å². The van der Waals surface area contributed by atoms with Crippen LogP contribution in [0.5, 0.6) is 11.5 Å². The van der Waals surface area contributed by atoms with Crippen LogP contribution in [0.3, 0.4) is 0 Å². The van der Waals surface area contributed by atoms with E-state index < -0.39 is 11.8 Å². The first kappa shape index (κ1) is 21.5. The summed E-state index contributed by atoms with van der Waals surface area (Å²) in [6.07, 6.45) is 1.44. The lowest BCUT2D eigenvalue weighted by molar-refractivity contribution is -0.122. The molecule has 0 unspecified atom stereocenters. The second-order valence-electron chi connectivity index (χ2n) is 6.17. The summed E-state index contributed by atoms with van der Waals surface area (Å²) >= 11 is 13.3. The zero-order valence-corrected chi connectivity index (χ0v) is 19.2. The number of hydrogen-bond donors (Lipinski definition) is 2. The summed E-state index contributed by atoms with van der Waals surface area (Å²) in [5.74, 6) is -0.894. The highest BCUT2D eigenvalue weighted by atomic mass is 127. The number of benzene rings is 2. The molecule has 1 aliphatic heterocycles. The Balaban J connectivity index is 2.05. The molecule has 0 bridgehead atoms. The molecule has 1 aliphatic rings. The summed E-state index contributed by atoms with van der Waals surface area (Å²) in [5.41, 5.74) is 1.74. The number of thiocarbonyl (C=S) groups is 1. The maximum absolute atomic E-state index is 13.1. The third-order valence-corrected chi connectivity index (χ3v) is 5.69. The number of ether oxygens (including phenoxy) is 1. The Bertz CT molecular complexity index is 1070. The van der Waals surface area contributed by atoms with Gasteiger partial charge in [-0.2, -0.15) is 0 Å². The van der Waals surface area contributed by atoms with Crippen molar-refractivity contribution in [2.75, 3.05) is 11.5 Å². The zero-order chi connectivity index (χ0) is 21.3. The fourth-order valence-corrected chi connectivity index (χ4v) is 3.80. The fourth-order valence-electron chi connectivity index (χ4n) is 2.72. The van der Waals surface area contributed by atoms with Crippen LogP contribution in [0.2, 0.25) is 5.02 Å². The maximum atomic E-state index is 13.1. The molecule has 0 aromatic heterocycles. The molecule has 9 heteroatoms. The standard InChI is InChI=1S/C20H16ClIN2O4S/c1-3-28-16-8-11(7-15(22)17(16)25)6-13-18(26)23-20(29)24(19(13)27)12-5-4-10(2)14(21)9-12/h4-9,25H,3H2,1-2H3,(H,23,26,29)/b13-6+. The van der Waals surface area contributed by atoms with Crippen molar-refractivity contribution in [1.29, 1.82) is 0 Å².